The molecule has 10 heteroatoms. The van der Waals surface area contributed by atoms with Crippen molar-refractivity contribution in [2.24, 2.45) is 0 Å². The molecule has 0 radical (unpaired) electrons. The monoisotopic (exact) mass is 444 g/mol. The van der Waals surface area contributed by atoms with Crippen molar-refractivity contribution in [2.45, 2.75) is 32.6 Å². The number of hydrogen-bond donors (Lipinski definition) is 1. The van der Waals surface area contributed by atoms with Crippen molar-refractivity contribution in [3.63, 3.8) is 0 Å². The van der Waals surface area contributed by atoms with Crippen molar-refractivity contribution in [3.8, 4) is 5.75 Å². The second-order valence-corrected chi connectivity index (χ2v) is 8.44. The summed E-state index contributed by atoms with van der Waals surface area (Å²) in [6, 6.07) is 9.59. The molecule has 1 amide bonds. The van der Waals surface area contributed by atoms with Crippen LogP contribution >= 0.6 is 0 Å². The van der Waals surface area contributed by atoms with Crippen molar-refractivity contribution in [1.29, 1.82) is 0 Å². The van der Waals surface area contributed by atoms with Crippen molar-refractivity contribution < 1.29 is 31.1 Å². The summed E-state index contributed by atoms with van der Waals surface area (Å²) < 4.78 is 69.7. The van der Waals surface area contributed by atoms with E-state index in [0.29, 0.717) is 22.7 Å². The zero-order valence-electron chi connectivity index (χ0n) is 16.7. The number of benzene rings is 2. The number of anilines is 1. The van der Waals surface area contributed by atoms with E-state index >= 15 is 0 Å². The number of carbonyl (C=O) groups excluding carboxylic acids is 1. The second kappa shape index (κ2) is 9.38. The van der Waals surface area contributed by atoms with Gasteiger partial charge in [-0.15, -0.1) is 0 Å². The lowest BCUT2D eigenvalue weighted by atomic mass is 10.1. The van der Waals surface area contributed by atoms with Crippen LogP contribution in [0.25, 0.3) is 0 Å². The van der Waals surface area contributed by atoms with Crippen LogP contribution < -0.4 is 14.4 Å². The van der Waals surface area contributed by atoms with Gasteiger partial charge in [0.1, 0.15) is 11.8 Å². The van der Waals surface area contributed by atoms with E-state index in [-0.39, 0.29) is 12.2 Å². The Morgan fingerprint density at radius 2 is 1.83 bits per heavy atom. The summed E-state index contributed by atoms with van der Waals surface area (Å²) in [5.41, 5.74) is -0.520. The van der Waals surface area contributed by atoms with Gasteiger partial charge in [0, 0.05) is 6.54 Å². The molecule has 0 fully saturated rings. The molecule has 0 aliphatic rings. The van der Waals surface area contributed by atoms with E-state index in [1.54, 1.807) is 24.3 Å². The summed E-state index contributed by atoms with van der Waals surface area (Å²) >= 11 is 0. The van der Waals surface area contributed by atoms with E-state index in [4.69, 9.17) is 4.74 Å². The SMILES string of the molecule is CCOc1cccc(CNC(=O)C(C)N(c2cccc(C(F)(F)F)c2)S(C)(=O)=O)c1. The Hall–Kier alpha value is -2.75. The standard InChI is InChI=1S/C20H23F3N2O4S/c1-4-29-18-10-5-7-15(11-18)13-24-19(26)14(2)25(30(3,27)28)17-9-6-8-16(12-17)20(21,22)23/h5-12,14H,4,13H2,1-3H3,(H,24,26). The van der Waals surface area contributed by atoms with Crippen molar-refractivity contribution in [2.75, 3.05) is 17.2 Å². The van der Waals surface area contributed by atoms with Crippen molar-refractivity contribution in [1.82, 2.24) is 5.32 Å². The quantitative estimate of drug-likeness (QED) is 0.676. The molecule has 0 aliphatic carbocycles. The van der Waals surface area contributed by atoms with E-state index in [9.17, 15) is 26.4 Å². The van der Waals surface area contributed by atoms with Gasteiger partial charge in [-0.25, -0.2) is 8.42 Å². The minimum atomic E-state index is -4.64. The number of sulfonamides is 1. The lowest BCUT2D eigenvalue weighted by Crippen LogP contribution is -2.47. The summed E-state index contributed by atoms with van der Waals surface area (Å²) in [5.74, 6) is -0.0290. The number of hydrogen-bond acceptors (Lipinski definition) is 4. The molecule has 164 valence electrons. The lowest BCUT2D eigenvalue weighted by Gasteiger charge is -2.28. The van der Waals surface area contributed by atoms with Crippen LogP contribution in [0.5, 0.6) is 5.75 Å². The fourth-order valence-electron chi connectivity index (χ4n) is 2.88. The average Bonchev–Trinajstić information content (AvgIpc) is 2.65. The fraction of sp³-hybridized carbons (Fsp3) is 0.350. The van der Waals surface area contributed by atoms with Crippen LogP contribution in [-0.2, 0) is 27.5 Å². The van der Waals surface area contributed by atoms with E-state index in [1.165, 1.54) is 13.0 Å². The van der Waals surface area contributed by atoms with Gasteiger partial charge in [0.25, 0.3) is 0 Å². The number of amides is 1. The molecule has 1 unspecified atom stereocenters. The Morgan fingerprint density at radius 3 is 2.43 bits per heavy atom. The van der Waals surface area contributed by atoms with Crippen LogP contribution in [0.2, 0.25) is 0 Å². The molecule has 1 atom stereocenters. The first-order valence-corrected chi connectivity index (χ1v) is 10.9. The summed E-state index contributed by atoms with van der Waals surface area (Å²) in [6.07, 6.45) is -3.81. The molecule has 0 aromatic heterocycles. The van der Waals surface area contributed by atoms with Crippen LogP contribution in [0.15, 0.2) is 48.5 Å². The minimum Gasteiger partial charge on any atom is -0.494 e. The molecular weight excluding hydrogens is 421 g/mol. The second-order valence-electron chi connectivity index (χ2n) is 6.58. The zero-order chi connectivity index (χ0) is 22.5. The number of nitrogens with one attached hydrogen (secondary N) is 1. The zero-order valence-corrected chi connectivity index (χ0v) is 17.5. The third-order valence-electron chi connectivity index (χ3n) is 4.19. The van der Waals surface area contributed by atoms with Crippen LogP contribution in [0.3, 0.4) is 0 Å². The van der Waals surface area contributed by atoms with Gasteiger partial charge >= 0.3 is 6.18 Å². The van der Waals surface area contributed by atoms with Gasteiger partial charge in [0.05, 0.1) is 24.1 Å². The number of nitrogens with zero attached hydrogens (tertiary/aromatic N) is 1. The Bertz CT molecular complexity index is 994. The molecule has 30 heavy (non-hydrogen) atoms. The van der Waals surface area contributed by atoms with E-state index in [2.05, 4.69) is 5.32 Å². The Morgan fingerprint density at radius 1 is 1.17 bits per heavy atom. The molecule has 2 aromatic carbocycles. The van der Waals surface area contributed by atoms with Crippen LogP contribution in [0, 0.1) is 0 Å². The molecule has 2 rings (SSSR count). The summed E-state index contributed by atoms with van der Waals surface area (Å²) in [5, 5.41) is 2.61. The van der Waals surface area contributed by atoms with E-state index < -0.39 is 33.7 Å². The molecule has 0 saturated carbocycles. The molecule has 0 spiro atoms. The smallest absolute Gasteiger partial charge is 0.416 e. The molecule has 6 nitrogen and oxygen atoms in total. The molecule has 0 aliphatic heterocycles. The first-order valence-electron chi connectivity index (χ1n) is 9.09. The average molecular weight is 444 g/mol. The Labute approximate surface area is 173 Å². The lowest BCUT2D eigenvalue weighted by molar-refractivity contribution is -0.137. The highest BCUT2D eigenvalue weighted by Crippen LogP contribution is 2.32. The number of halogens is 3. The topological polar surface area (TPSA) is 75.7 Å². The van der Waals surface area contributed by atoms with Gasteiger partial charge < -0.3 is 10.1 Å². The summed E-state index contributed by atoms with van der Waals surface area (Å²) in [4.78, 5) is 12.6. The van der Waals surface area contributed by atoms with Gasteiger partial charge in [-0.3, -0.25) is 9.10 Å². The number of alkyl halides is 3. The van der Waals surface area contributed by atoms with Crippen LogP contribution in [0.4, 0.5) is 18.9 Å². The van der Waals surface area contributed by atoms with Gasteiger partial charge in [-0.2, -0.15) is 13.2 Å². The predicted molar refractivity (Wildman–Crippen MR) is 108 cm³/mol. The predicted octanol–water partition coefficient (Wildman–Crippen LogP) is 3.58. The highest BCUT2D eigenvalue weighted by Gasteiger charge is 2.34. The van der Waals surface area contributed by atoms with Crippen molar-refractivity contribution >= 4 is 21.6 Å². The fourth-order valence-corrected chi connectivity index (χ4v) is 4.04. The largest absolute Gasteiger partial charge is 0.494 e. The number of rotatable bonds is 8. The Kier molecular flexibility index (Phi) is 7.35. The Balaban J connectivity index is 2.22. The molecular formula is C20H23F3N2O4S. The van der Waals surface area contributed by atoms with Crippen molar-refractivity contribution in [3.05, 3.63) is 59.7 Å². The van der Waals surface area contributed by atoms with E-state index in [1.807, 2.05) is 6.92 Å². The highest BCUT2D eigenvalue weighted by molar-refractivity contribution is 7.92. The van der Waals surface area contributed by atoms with Gasteiger partial charge in [0.15, 0.2) is 0 Å². The van der Waals surface area contributed by atoms with Gasteiger partial charge in [0.2, 0.25) is 15.9 Å². The summed E-state index contributed by atoms with van der Waals surface area (Å²) in [7, 11) is -4.04. The number of carbonyl (C=O) groups is 1. The molecule has 0 bridgehead atoms. The van der Waals surface area contributed by atoms with Gasteiger partial charge in [-0.1, -0.05) is 18.2 Å². The maximum atomic E-state index is 13.0. The van der Waals surface area contributed by atoms with Crippen LogP contribution in [-0.4, -0.2) is 33.2 Å². The molecule has 2 aromatic rings. The highest BCUT2D eigenvalue weighted by atomic mass is 32.2. The molecule has 1 N–H and O–H groups in total. The molecule has 0 heterocycles. The van der Waals surface area contributed by atoms with Crippen LogP contribution in [0.1, 0.15) is 25.0 Å². The van der Waals surface area contributed by atoms with Gasteiger partial charge in [-0.05, 0) is 49.7 Å². The normalized spacial score (nSPS) is 12.9. The number of ether oxygens (including phenoxy) is 1. The first-order chi connectivity index (χ1) is 13.9. The molecule has 0 saturated heterocycles. The van der Waals surface area contributed by atoms with E-state index in [0.717, 1.165) is 24.0 Å². The first kappa shape index (κ1) is 23.5. The maximum Gasteiger partial charge on any atom is 0.416 e. The maximum absolute atomic E-state index is 13.0. The summed E-state index contributed by atoms with van der Waals surface area (Å²) in [6.45, 7) is 3.73. The minimum absolute atomic E-state index is 0.101. The third-order valence-corrected chi connectivity index (χ3v) is 5.43. The third kappa shape index (κ3) is 6.12.